The average Bonchev–Trinajstić information content (AvgIpc) is 2.56. The van der Waals surface area contributed by atoms with E-state index in [0.717, 1.165) is 11.1 Å². The van der Waals surface area contributed by atoms with Crippen molar-refractivity contribution in [1.29, 1.82) is 5.26 Å². The highest BCUT2D eigenvalue weighted by atomic mass is 16.6. The molecule has 6 nitrogen and oxygen atoms in total. The van der Waals surface area contributed by atoms with Gasteiger partial charge in [0.05, 0.1) is 23.7 Å². The van der Waals surface area contributed by atoms with Crippen molar-refractivity contribution in [2.45, 2.75) is 32.3 Å². The number of cyclic esters (lactones) is 1. The van der Waals surface area contributed by atoms with Gasteiger partial charge in [0.2, 0.25) is 0 Å². The van der Waals surface area contributed by atoms with Gasteiger partial charge in [-0.25, -0.2) is 9.78 Å². The lowest BCUT2D eigenvalue weighted by Gasteiger charge is -2.33. The molecule has 2 aromatic rings. The second-order valence-electron chi connectivity index (χ2n) is 6.26. The normalized spacial score (nSPS) is 18.7. The van der Waals surface area contributed by atoms with Crippen molar-refractivity contribution in [2.75, 3.05) is 5.32 Å². The van der Waals surface area contributed by atoms with Crippen LogP contribution in [0.15, 0.2) is 36.4 Å². The van der Waals surface area contributed by atoms with Crippen LogP contribution in [0.2, 0.25) is 0 Å². The maximum atomic E-state index is 12.7. The zero-order valence-electron chi connectivity index (χ0n) is 14.0. The third-order valence-electron chi connectivity index (χ3n) is 4.12. The largest absolute Gasteiger partial charge is 0.445 e. The number of nitriles is 1. The Bertz CT molecular complexity index is 901. The molecule has 1 aromatic carbocycles. The number of aromatic nitrogens is 1. The standard InChI is InChI=1S/C19H17N3O3/c1-12-6-7-13-11-19(2,25-17(23)15(13)10-12)18(24)22-16-5-3-4-14(21-16)8-9-20/h3-7,10H,8,11H2,1-2H3,(H,21,22,24). The molecule has 1 N–H and O–H groups in total. The minimum atomic E-state index is -1.31. The minimum Gasteiger partial charge on any atom is -0.445 e. The number of amides is 1. The molecule has 0 fully saturated rings. The number of nitrogens with one attached hydrogen (secondary N) is 1. The van der Waals surface area contributed by atoms with Crippen LogP contribution in [0.25, 0.3) is 0 Å². The molecule has 25 heavy (non-hydrogen) atoms. The van der Waals surface area contributed by atoms with Crippen molar-refractivity contribution >= 4 is 17.7 Å². The first-order valence-corrected chi connectivity index (χ1v) is 7.88. The summed E-state index contributed by atoms with van der Waals surface area (Å²) in [6, 6.07) is 12.6. The Morgan fingerprint density at radius 1 is 1.40 bits per heavy atom. The number of rotatable bonds is 3. The molecule has 126 valence electrons. The number of benzene rings is 1. The predicted octanol–water partition coefficient (Wildman–Crippen LogP) is 2.57. The van der Waals surface area contributed by atoms with E-state index in [9.17, 15) is 9.59 Å². The molecule has 1 aliphatic heterocycles. The Morgan fingerprint density at radius 3 is 2.96 bits per heavy atom. The van der Waals surface area contributed by atoms with E-state index in [-0.39, 0.29) is 12.8 Å². The summed E-state index contributed by atoms with van der Waals surface area (Å²) in [6.07, 6.45) is 0.445. The van der Waals surface area contributed by atoms with E-state index in [0.29, 0.717) is 17.1 Å². The van der Waals surface area contributed by atoms with Crippen LogP contribution < -0.4 is 5.32 Å². The highest BCUT2D eigenvalue weighted by molar-refractivity contribution is 6.02. The number of nitrogens with zero attached hydrogens (tertiary/aromatic N) is 2. The molecule has 0 spiro atoms. The van der Waals surface area contributed by atoms with Gasteiger partial charge in [0.25, 0.3) is 5.91 Å². The van der Waals surface area contributed by atoms with E-state index in [1.165, 1.54) is 0 Å². The quantitative estimate of drug-likeness (QED) is 0.870. The van der Waals surface area contributed by atoms with Crippen LogP contribution in [0, 0.1) is 18.3 Å². The Labute approximate surface area is 145 Å². The number of anilines is 1. The summed E-state index contributed by atoms with van der Waals surface area (Å²) in [5.41, 5.74) is 1.49. The van der Waals surface area contributed by atoms with Crippen molar-refractivity contribution in [2.24, 2.45) is 0 Å². The van der Waals surface area contributed by atoms with Gasteiger partial charge < -0.3 is 10.1 Å². The molecule has 6 heteroatoms. The van der Waals surface area contributed by atoms with E-state index in [1.807, 2.05) is 25.1 Å². The van der Waals surface area contributed by atoms with E-state index in [2.05, 4.69) is 10.3 Å². The second kappa shape index (κ2) is 6.36. The lowest BCUT2D eigenvalue weighted by atomic mass is 9.88. The van der Waals surface area contributed by atoms with Gasteiger partial charge in [0.1, 0.15) is 5.82 Å². The fourth-order valence-electron chi connectivity index (χ4n) is 2.80. The number of esters is 1. The molecule has 0 radical (unpaired) electrons. The molecule has 0 saturated heterocycles. The number of fused-ring (bicyclic) bond motifs is 1. The lowest BCUT2D eigenvalue weighted by Crippen LogP contribution is -2.49. The first kappa shape index (κ1) is 16.7. The summed E-state index contributed by atoms with van der Waals surface area (Å²) in [4.78, 5) is 29.2. The molecule has 1 unspecified atom stereocenters. The number of aryl methyl sites for hydroxylation is 1. The summed E-state index contributed by atoms with van der Waals surface area (Å²) in [5, 5.41) is 11.4. The number of hydrogen-bond donors (Lipinski definition) is 1. The van der Waals surface area contributed by atoms with Gasteiger partial charge in [-0.05, 0) is 37.6 Å². The molecular weight excluding hydrogens is 318 g/mol. The van der Waals surface area contributed by atoms with Crippen molar-refractivity contribution in [3.8, 4) is 6.07 Å². The summed E-state index contributed by atoms with van der Waals surface area (Å²) in [7, 11) is 0. The Kier molecular flexibility index (Phi) is 4.24. The van der Waals surface area contributed by atoms with E-state index in [4.69, 9.17) is 10.00 Å². The van der Waals surface area contributed by atoms with Crippen molar-refractivity contribution in [1.82, 2.24) is 4.98 Å². The zero-order valence-corrected chi connectivity index (χ0v) is 14.0. The first-order valence-electron chi connectivity index (χ1n) is 7.88. The van der Waals surface area contributed by atoms with Crippen LogP contribution in [0.5, 0.6) is 0 Å². The number of carbonyl (C=O) groups excluding carboxylic acids is 2. The molecular formula is C19H17N3O3. The van der Waals surface area contributed by atoms with Crippen LogP contribution >= 0.6 is 0 Å². The monoisotopic (exact) mass is 335 g/mol. The highest BCUT2D eigenvalue weighted by Gasteiger charge is 2.42. The van der Waals surface area contributed by atoms with Gasteiger partial charge >= 0.3 is 5.97 Å². The molecule has 1 amide bonds. The number of ether oxygens (including phenoxy) is 1. The fourth-order valence-corrected chi connectivity index (χ4v) is 2.80. The first-order chi connectivity index (χ1) is 11.9. The highest BCUT2D eigenvalue weighted by Crippen LogP contribution is 2.29. The Hall–Kier alpha value is -3.20. The third-order valence-corrected chi connectivity index (χ3v) is 4.12. The maximum absolute atomic E-state index is 12.7. The molecule has 1 aliphatic rings. The molecule has 0 saturated carbocycles. The van der Waals surface area contributed by atoms with Crippen LogP contribution in [0.4, 0.5) is 5.82 Å². The molecule has 2 heterocycles. The molecule has 1 aromatic heterocycles. The van der Waals surface area contributed by atoms with Crippen molar-refractivity contribution in [3.05, 3.63) is 58.8 Å². The number of hydrogen-bond acceptors (Lipinski definition) is 5. The van der Waals surface area contributed by atoms with Gasteiger partial charge in [-0.1, -0.05) is 23.8 Å². The molecule has 0 bridgehead atoms. The summed E-state index contributed by atoms with van der Waals surface area (Å²) >= 11 is 0. The SMILES string of the molecule is Cc1ccc2c(c1)C(=O)OC(C)(C(=O)Nc1cccc(CC#N)n1)C2. The van der Waals surface area contributed by atoms with Gasteiger partial charge in [0, 0.05) is 6.42 Å². The van der Waals surface area contributed by atoms with Crippen LogP contribution in [0.1, 0.15) is 34.1 Å². The van der Waals surface area contributed by atoms with E-state index < -0.39 is 17.5 Å². The van der Waals surface area contributed by atoms with Crippen LogP contribution in [0.3, 0.4) is 0 Å². The number of pyridine rings is 1. The molecule has 3 rings (SSSR count). The number of carbonyl (C=O) groups is 2. The Balaban J connectivity index is 1.82. The Morgan fingerprint density at radius 2 is 2.20 bits per heavy atom. The second-order valence-corrected chi connectivity index (χ2v) is 6.26. The predicted molar refractivity (Wildman–Crippen MR) is 90.9 cm³/mol. The minimum absolute atomic E-state index is 0.155. The van der Waals surface area contributed by atoms with Crippen molar-refractivity contribution < 1.29 is 14.3 Å². The average molecular weight is 335 g/mol. The fraction of sp³-hybridized carbons (Fsp3) is 0.263. The van der Waals surface area contributed by atoms with E-state index in [1.54, 1.807) is 31.2 Å². The molecule has 1 atom stereocenters. The van der Waals surface area contributed by atoms with E-state index >= 15 is 0 Å². The maximum Gasteiger partial charge on any atom is 0.339 e. The zero-order chi connectivity index (χ0) is 18.0. The smallest absolute Gasteiger partial charge is 0.339 e. The topological polar surface area (TPSA) is 92.1 Å². The van der Waals surface area contributed by atoms with Crippen LogP contribution in [-0.4, -0.2) is 22.5 Å². The lowest BCUT2D eigenvalue weighted by molar-refractivity contribution is -0.134. The summed E-state index contributed by atoms with van der Waals surface area (Å²) < 4.78 is 5.44. The molecule has 0 aliphatic carbocycles. The van der Waals surface area contributed by atoms with Crippen LogP contribution in [-0.2, 0) is 22.4 Å². The van der Waals surface area contributed by atoms with Gasteiger partial charge in [-0.3, -0.25) is 4.79 Å². The van der Waals surface area contributed by atoms with Crippen molar-refractivity contribution in [3.63, 3.8) is 0 Å². The summed E-state index contributed by atoms with van der Waals surface area (Å²) in [5.74, 6) is -0.632. The van der Waals surface area contributed by atoms with Gasteiger partial charge in [-0.2, -0.15) is 5.26 Å². The summed E-state index contributed by atoms with van der Waals surface area (Å²) in [6.45, 7) is 3.48. The van der Waals surface area contributed by atoms with Gasteiger partial charge in [-0.15, -0.1) is 0 Å². The third kappa shape index (κ3) is 3.36. The van der Waals surface area contributed by atoms with Gasteiger partial charge in [0.15, 0.2) is 5.60 Å².